The zero-order valence-corrected chi connectivity index (χ0v) is 11.5. The van der Waals surface area contributed by atoms with E-state index in [1.807, 2.05) is 54.6 Å². The standard InChI is InChI=1S/C16H14N2O3/c1-19-13-9-7-12(8-10-13)16-18-17-15(21-16)11-20-14-5-3-2-4-6-14/h2-10H,11H2,1H3. The Hall–Kier alpha value is -2.82. The molecule has 0 saturated heterocycles. The molecule has 0 radical (unpaired) electrons. The lowest BCUT2D eigenvalue weighted by Gasteiger charge is -2.01. The first kappa shape index (κ1) is 13.2. The molecule has 1 heterocycles. The first-order valence-corrected chi connectivity index (χ1v) is 6.50. The average molecular weight is 282 g/mol. The van der Waals surface area contributed by atoms with Gasteiger partial charge in [-0.2, -0.15) is 0 Å². The molecule has 0 amide bonds. The largest absolute Gasteiger partial charge is 0.497 e. The van der Waals surface area contributed by atoms with Gasteiger partial charge in [-0.25, -0.2) is 0 Å². The van der Waals surface area contributed by atoms with E-state index in [0.29, 0.717) is 11.8 Å². The van der Waals surface area contributed by atoms with Crippen molar-refractivity contribution in [2.75, 3.05) is 7.11 Å². The molecule has 0 spiro atoms. The number of ether oxygens (including phenoxy) is 2. The molecule has 0 bridgehead atoms. The van der Waals surface area contributed by atoms with Crippen molar-refractivity contribution in [3.63, 3.8) is 0 Å². The van der Waals surface area contributed by atoms with E-state index in [-0.39, 0.29) is 6.61 Å². The number of para-hydroxylation sites is 1. The molecule has 21 heavy (non-hydrogen) atoms. The van der Waals surface area contributed by atoms with E-state index in [1.54, 1.807) is 7.11 Å². The van der Waals surface area contributed by atoms with Crippen molar-refractivity contribution < 1.29 is 13.9 Å². The molecule has 0 N–H and O–H groups in total. The Morgan fingerprint density at radius 2 is 1.67 bits per heavy atom. The SMILES string of the molecule is COc1ccc(-c2nnc(COc3ccccc3)o2)cc1. The third-order valence-electron chi connectivity index (χ3n) is 2.91. The van der Waals surface area contributed by atoms with Gasteiger partial charge in [0.1, 0.15) is 11.5 Å². The Morgan fingerprint density at radius 1 is 0.905 bits per heavy atom. The van der Waals surface area contributed by atoms with Crippen LogP contribution in [0.4, 0.5) is 0 Å². The lowest BCUT2D eigenvalue weighted by atomic mass is 10.2. The molecule has 0 fully saturated rings. The zero-order valence-electron chi connectivity index (χ0n) is 11.5. The monoisotopic (exact) mass is 282 g/mol. The van der Waals surface area contributed by atoms with Crippen LogP contribution in [0.3, 0.4) is 0 Å². The summed E-state index contributed by atoms with van der Waals surface area (Å²) in [6.45, 7) is 0.243. The molecule has 0 aliphatic heterocycles. The molecule has 3 aromatic rings. The Balaban J connectivity index is 1.68. The maximum Gasteiger partial charge on any atom is 0.254 e. The van der Waals surface area contributed by atoms with E-state index in [9.17, 15) is 0 Å². The van der Waals surface area contributed by atoms with Gasteiger partial charge in [-0.15, -0.1) is 10.2 Å². The number of benzene rings is 2. The van der Waals surface area contributed by atoms with E-state index in [4.69, 9.17) is 13.9 Å². The van der Waals surface area contributed by atoms with Gasteiger partial charge in [-0.05, 0) is 36.4 Å². The average Bonchev–Trinajstić information content (AvgIpc) is 3.03. The van der Waals surface area contributed by atoms with Crippen molar-refractivity contribution in [3.05, 3.63) is 60.5 Å². The fourth-order valence-electron chi connectivity index (χ4n) is 1.82. The Kier molecular flexibility index (Phi) is 3.82. The van der Waals surface area contributed by atoms with Crippen LogP contribution in [0.15, 0.2) is 59.0 Å². The van der Waals surface area contributed by atoms with Crippen molar-refractivity contribution in [2.24, 2.45) is 0 Å². The third-order valence-corrected chi connectivity index (χ3v) is 2.91. The Bertz CT molecular complexity index is 693. The van der Waals surface area contributed by atoms with Gasteiger partial charge < -0.3 is 13.9 Å². The van der Waals surface area contributed by atoms with Gasteiger partial charge in [0, 0.05) is 5.56 Å². The topological polar surface area (TPSA) is 57.4 Å². The van der Waals surface area contributed by atoms with E-state index in [2.05, 4.69) is 10.2 Å². The summed E-state index contributed by atoms with van der Waals surface area (Å²) in [5, 5.41) is 7.99. The third kappa shape index (κ3) is 3.20. The second kappa shape index (κ2) is 6.09. The molecular weight excluding hydrogens is 268 g/mol. The number of nitrogens with zero attached hydrogens (tertiary/aromatic N) is 2. The lowest BCUT2D eigenvalue weighted by Crippen LogP contribution is -1.95. The second-order valence-electron chi connectivity index (χ2n) is 4.33. The molecule has 106 valence electrons. The molecule has 0 aliphatic carbocycles. The minimum atomic E-state index is 0.243. The smallest absolute Gasteiger partial charge is 0.254 e. The summed E-state index contributed by atoms with van der Waals surface area (Å²) < 4.78 is 16.2. The number of methoxy groups -OCH3 is 1. The predicted molar refractivity (Wildman–Crippen MR) is 77.1 cm³/mol. The van der Waals surface area contributed by atoms with Gasteiger partial charge in [0.15, 0.2) is 6.61 Å². The van der Waals surface area contributed by atoms with Crippen LogP contribution < -0.4 is 9.47 Å². The minimum Gasteiger partial charge on any atom is -0.497 e. The number of aromatic nitrogens is 2. The molecule has 0 aliphatic rings. The molecule has 0 saturated carbocycles. The molecular formula is C16H14N2O3. The number of hydrogen-bond acceptors (Lipinski definition) is 5. The second-order valence-corrected chi connectivity index (χ2v) is 4.33. The van der Waals surface area contributed by atoms with Crippen molar-refractivity contribution in [1.29, 1.82) is 0 Å². The fourth-order valence-corrected chi connectivity index (χ4v) is 1.82. The molecule has 5 heteroatoms. The summed E-state index contributed by atoms with van der Waals surface area (Å²) >= 11 is 0. The normalized spacial score (nSPS) is 10.3. The Morgan fingerprint density at radius 3 is 2.38 bits per heavy atom. The van der Waals surface area contributed by atoms with Crippen LogP contribution in [0, 0.1) is 0 Å². The van der Waals surface area contributed by atoms with Gasteiger partial charge in [-0.1, -0.05) is 18.2 Å². The molecule has 0 atom stereocenters. The maximum absolute atomic E-state index is 5.58. The summed E-state index contributed by atoms with van der Waals surface area (Å²) in [5.74, 6) is 2.45. The summed E-state index contributed by atoms with van der Waals surface area (Å²) in [7, 11) is 1.63. The first-order valence-electron chi connectivity index (χ1n) is 6.50. The van der Waals surface area contributed by atoms with Crippen LogP contribution in [-0.2, 0) is 6.61 Å². The Labute approximate surface area is 122 Å². The van der Waals surface area contributed by atoms with Gasteiger partial charge in [-0.3, -0.25) is 0 Å². The summed E-state index contributed by atoms with van der Waals surface area (Å²) in [5.41, 5.74) is 0.842. The summed E-state index contributed by atoms with van der Waals surface area (Å²) in [6.07, 6.45) is 0. The van der Waals surface area contributed by atoms with Crippen molar-refractivity contribution in [3.8, 4) is 23.0 Å². The highest BCUT2D eigenvalue weighted by Crippen LogP contribution is 2.21. The van der Waals surface area contributed by atoms with E-state index in [1.165, 1.54) is 0 Å². The highest BCUT2D eigenvalue weighted by atomic mass is 16.5. The summed E-state index contributed by atoms with van der Waals surface area (Å²) in [4.78, 5) is 0. The van der Waals surface area contributed by atoms with E-state index >= 15 is 0 Å². The minimum absolute atomic E-state index is 0.243. The van der Waals surface area contributed by atoms with Crippen LogP contribution in [0.25, 0.3) is 11.5 Å². The number of rotatable bonds is 5. The van der Waals surface area contributed by atoms with E-state index in [0.717, 1.165) is 17.1 Å². The van der Waals surface area contributed by atoms with Crippen molar-refractivity contribution in [1.82, 2.24) is 10.2 Å². The van der Waals surface area contributed by atoms with Gasteiger partial charge in [0.2, 0.25) is 5.89 Å². The van der Waals surface area contributed by atoms with Crippen molar-refractivity contribution >= 4 is 0 Å². The molecule has 5 nitrogen and oxygen atoms in total. The van der Waals surface area contributed by atoms with Crippen LogP contribution >= 0.6 is 0 Å². The van der Waals surface area contributed by atoms with Crippen LogP contribution in [0.2, 0.25) is 0 Å². The quantitative estimate of drug-likeness (QED) is 0.718. The fraction of sp³-hybridized carbons (Fsp3) is 0.125. The maximum atomic E-state index is 5.58. The van der Waals surface area contributed by atoms with Crippen LogP contribution in [-0.4, -0.2) is 17.3 Å². The van der Waals surface area contributed by atoms with Gasteiger partial charge in [0.25, 0.3) is 5.89 Å². The molecule has 2 aromatic carbocycles. The van der Waals surface area contributed by atoms with E-state index < -0.39 is 0 Å². The highest BCUT2D eigenvalue weighted by molar-refractivity contribution is 5.53. The number of hydrogen-bond donors (Lipinski definition) is 0. The highest BCUT2D eigenvalue weighted by Gasteiger charge is 2.09. The lowest BCUT2D eigenvalue weighted by molar-refractivity contribution is 0.264. The summed E-state index contributed by atoms with van der Waals surface area (Å²) in [6, 6.07) is 16.9. The molecule has 0 unspecified atom stereocenters. The molecule has 3 rings (SSSR count). The van der Waals surface area contributed by atoms with Gasteiger partial charge >= 0.3 is 0 Å². The van der Waals surface area contributed by atoms with Crippen molar-refractivity contribution in [2.45, 2.75) is 6.61 Å². The van der Waals surface area contributed by atoms with Crippen LogP contribution in [0.5, 0.6) is 11.5 Å². The van der Waals surface area contributed by atoms with Gasteiger partial charge in [0.05, 0.1) is 7.11 Å². The zero-order chi connectivity index (χ0) is 14.5. The predicted octanol–water partition coefficient (Wildman–Crippen LogP) is 3.32. The first-order chi connectivity index (χ1) is 10.3. The molecule has 1 aromatic heterocycles. The van der Waals surface area contributed by atoms with Crippen LogP contribution in [0.1, 0.15) is 5.89 Å².